The molecule has 0 aliphatic rings. The van der Waals surface area contributed by atoms with Crippen molar-refractivity contribution in [2.75, 3.05) is 10.6 Å². The van der Waals surface area contributed by atoms with Gasteiger partial charge in [0, 0.05) is 17.8 Å². The third kappa shape index (κ3) is 5.04. The Bertz CT molecular complexity index is 963. The number of nitrogens with zero attached hydrogens (tertiary/aromatic N) is 2. The molecule has 0 fully saturated rings. The lowest BCUT2D eigenvalue weighted by Crippen LogP contribution is -2.31. The first-order valence-electron chi connectivity index (χ1n) is 9.36. The van der Waals surface area contributed by atoms with E-state index in [1.807, 2.05) is 26.0 Å². The van der Waals surface area contributed by atoms with Gasteiger partial charge in [0.25, 0.3) is 5.91 Å². The highest BCUT2D eigenvalue weighted by Crippen LogP contribution is 2.19. The molecule has 1 aromatic carbocycles. The number of ether oxygens (including phenoxy) is 1. The summed E-state index contributed by atoms with van der Waals surface area (Å²) in [6.45, 7) is 5.87. The lowest BCUT2D eigenvalue weighted by molar-refractivity contribution is -0.123. The average Bonchev–Trinajstić information content (AvgIpc) is 3.38. The average molecular weight is 396 g/mol. The van der Waals surface area contributed by atoms with Crippen LogP contribution in [0.25, 0.3) is 0 Å². The van der Waals surface area contributed by atoms with E-state index in [0.29, 0.717) is 23.6 Å². The van der Waals surface area contributed by atoms with Crippen LogP contribution < -0.4 is 10.6 Å². The lowest BCUT2D eigenvalue weighted by atomic mass is 10.1. The molecule has 3 aromatic rings. The van der Waals surface area contributed by atoms with E-state index in [-0.39, 0.29) is 6.04 Å². The van der Waals surface area contributed by atoms with Gasteiger partial charge in [-0.15, -0.1) is 0 Å². The fourth-order valence-electron chi connectivity index (χ4n) is 2.74. The van der Waals surface area contributed by atoms with E-state index >= 15 is 0 Å². The van der Waals surface area contributed by atoms with Crippen molar-refractivity contribution in [2.45, 2.75) is 39.5 Å². The van der Waals surface area contributed by atoms with E-state index in [4.69, 9.17) is 9.15 Å². The van der Waals surface area contributed by atoms with Crippen molar-refractivity contribution in [1.29, 1.82) is 0 Å². The summed E-state index contributed by atoms with van der Waals surface area (Å²) in [4.78, 5) is 25.1. The summed E-state index contributed by atoms with van der Waals surface area (Å²) < 4.78 is 12.4. The van der Waals surface area contributed by atoms with E-state index in [1.54, 1.807) is 47.5 Å². The van der Waals surface area contributed by atoms with Crippen LogP contribution in [0.2, 0.25) is 0 Å². The number of nitrogens with one attached hydrogen (secondary N) is 2. The zero-order valence-corrected chi connectivity index (χ0v) is 16.6. The predicted molar refractivity (Wildman–Crippen MR) is 109 cm³/mol. The fraction of sp³-hybridized carbons (Fsp3) is 0.286. The van der Waals surface area contributed by atoms with Crippen molar-refractivity contribution in [3.8, 4) is 0 Å². The van der Waals surface area contributed by atoms with Gasteiger partial charge in [-0.3, -0.25) is 4.79 Å². The van der Waals surface area contributed by atoms with Crippen LogP contribution in [0.5, 0.6) is 0 Å². The molecule has 2 aromatic heterocycles. The second-order valence-electron chi connectivity index (χ2n) is 6.77. The highest BCUT2D eigenvalue weighted by molar-refractivity contribution is 5.99. The summed E-state index contributed by atoms with van der Waals surface area (Å²) in [5, 5.41) is 10.1. The fourth-order valence-corrected chi connectivity index (χ4v) is 2.74. The van der Waals surface area contributed by atoms with Crippen LogP contribution in [0.4, 0.5) is 11.5 Å². The number of carbonyl (C=O) groups excluding carboxylic acids is 2. The van der Waals surface area contributed by atoms with Crippen molar-refractivity contribution >= 4 is 23.4 Å². The lowest BCUT2D eigenvalue weighted by Gasteiger charge is -2.17. The number of anilines is 2. The summed E-state index contributed by atoms with van der Waals surface area (Å²) in [6, 6.07) is 12.4. The second kappa shape index (κ2) is 9.09. The molecule has 0 bridgehead atoms. The zero-order chi connectivity index (χ0) is 20.8. The van der Waals surface area contributed by atoms with Crippen LogP contribution in [-0.4, -0.2) is 27.8 Å². The third-order valence-corrected chi connectivity index (χ3v) is 4.24. The van der Waals surface area contributed by atoms with Gasteiger partial charge >= 0.3 is 5.97 Å². The monoisotopic (exact) mass is 396 g/mol. The highest BCUT2D eigenvalue weighted by atomic mass is 16.5. The Kier molecular flexibility index (Phi) is 6.33. The van der Waals surface area contributed by atoms with Crippen LogP contribution in [0.3, 0.4) is 0 Å². The van der Waals surface area contributed by atoms with Gasteiger partial charge in [-0.2, -0.15) is 5.10 Å². The number of para-hydroxylation sites is 1. The van der Waals surface area contributed by atoms with Crippen LogP contribution in [0.1, 0.15) is 42.9 Å². The maximum Gasteiger partial charge on any atom is 0.341 e. The summed E-state index contributed by atoms with van der Waals surface area (Å²) in [7, 11) is 0. The van der Waals surface area contributed by atoms with E-state index in [0.717, 1.165) is 5.76 Å². The third-order valence-electron chi connectivity index (χ3n) is 4.24. The molecular weight excluding hydrogens is 372 g/mol. The molecule has 29 heavy (non-hydrogen) atoms. The van der Waals surface area contributed by atoms with Crippen molar-refractivity contribution in [3.05, 3.63) is 66.2 Å². The van der Waals surface area contributed by atoms with Gasteiger partial charge in [0.1, 0.15) is 11.6 Å². The van der Waals surface area contributed by atoms with Crippen molar-refractivity contribution < 1.29 is 18.7 Å². The Labute approximate surface area is 168 Å². The Balaban J connectivity index is 1.63. The molecule has 0 saturated carbocycles. The molecule has 0 saturated heterocycles. The molecule has 2 heterocycles. The maximum atomic E-state index is 12.6. The van der Waals surface area contributed by atoms with E-state index < -0.39 is 18.0 Å². The number of aromatic nitrogens is 2. The molecule has 8 nitrogen and oxygen atoms in total. The Hall–Kier alpha value is -3.55. The summed E-state index contributed by atoms with van der Waals surface area (Å²) in [5.41, 5.74) is 0.935. The smallest absolute Gasteiger partial charge is 0.341 e. The van der Waals surface area contributed by atoms with Crippen molar-refractivity contribution in [2.24, 2.45) is 0 Å². The number of hydrogen-bond acceptors (Lipinski definition) is 6. The minimum Gasteiger partial charge on any atom is -0.467 e. The first-order chi connectivity index (χ1) is 14.0. The van der Waals surface area contributed by atoms with Gasteiger partial charge in [-0.1, -0.05) is 12.1 Å². The summed E-state index contributed by atoms with van der Waals surface area (Å²) in [5.74, 6) is 0.269. The molecule has 0 radical (unpaired) electrons. The number of carbonyl (C=O) groups is 2. The number of amides is 1. The van der Waals surface area contributed by atoms with Crippen LogP contribution in [-0.2, 0) is 16.1 Å². The van der Waals surface area contributed by atoms with Crippen LogP contribution in [0.15, 0.2) is 59.3 Å². The van der Waals surface area contributed by atoms with Gasteiger partial charge in [0.05, 0.1) is 24.6 Å². The minimum atomic E-state index is -0.976. The molecule has 2 N–H and O–H groups in total. The normalized spacial score (nSPS) is 11.9. The highest BCUT2D eigenvalue weighted by Gasteiger charge is 2.22. The number of rotatable bonds is 8. The molecule has 8 heteroatoms. The quantitative estimate of drug-likeness (QED) is 0.561. The summed E-state index contributed by atoms with van der Waals surface area (Å²) >= 11 is 0. The number of furan rings is 1. The van der Waals surface area contributed by atoms with E-state index in [1.165, 1.54) is 6.92 Å². The van der Waals surface area contributed by atoms with Gasteiger partial charge in [-0.05, 0) is 45.0 Å². The molecule has 0 aliphatic carbocycles. The van der Waals surface area contributed by atoms with Gasteiger partial charge in [0.15, 0.2) is 6.10 Å². The van der Waals surface area contributed by atoms with Crippen molar-refractivity contribution in [3.63, 3.8) is 0 Å². The number of hydrogen-bond donors (Lipinski definition) is 2. The molecule has 0 spiro atoms. The SMILES string of the molecule is CC(C)n1nccc1NC(=O)[C@H](C)OC(=O)c1ccccc1NCc1ccco1. The van der Waals surface area contributed by atoms with E-state index in [2.05, 4.69) is 15.7 Å². The first kappa shape index (κ1) is 20.2. The van der Waals surface area contributed by atoms with Crippen LogP contribution in [0, 0.1) is 0 Å². The number of benzene rings is 1. The summed E-state index contributed by atoms with van der Waals surface area (Å²) in [6.07, 6.45) is 2.21. The topological polar surface area (TPSA) is 98.4 Å². The zero-order valence-electron chi connectivity index (χ0n) is 16.6. The second-order valence-corrected chi connectivity index (χ2v) is 6.77. The maximum absolute atomic E-state index is 12.6. The van der Waals surface area contributed by atoms with Gasteiger partial charge in [-0.25, -0.2) is 9.48 Å². The predicted octanol–water partition coefficient (Wildman–Crippen LogP) is 3.85. The van der Waals surface area contributed by atoms with E-state index in [9.17, 15) is 9.59 Å². The molecular formula is C21H24N4O4. The minimum absolute atomic E-state index is 0.0882. The first-order valence-corrected chi connectivity index (χ1v) is 9.36. The largest absolute Gasteiger partial charge is 0.467 e. The molecule has 152 valence electrons. The molecule has 3 rings (SSSR count). The Morgan fingerprint density at radius 1 is 1.14 bits per heavy atom. The van der Waals surface area contributed by atoms with Gasteiger partial charge in [0.2, 0.25) is 0 Å². The molecule has 1 amide bonds. The van der Waals surface area contributed by atoms with Gasteiger partial charge < -0.3 is 19.8 Å². The van der Waals surface area contributed by atoms with Crippen molar-refractivity contribution in [1.82, 2.24) is 9.78 Å². The molecule has 0 unspecified atom stereocenters. The van der Waals surface area contributed by atoms with Crippen LogP contribution >= 0.6 is 0 Å². The Morgan fingerprint density at radius 2 is 1.93 bits per heavy atom. The molecule has 1 atom stereocenters. The standard InChI is InChI=1S/C21H24N4O4/c1-14(2)25-19(10-11-23-25)24-20(26)15(3)29-21(27)17-8-4-5-9-18(17)22-13-16-7-6-12-28-16/h4-12,14-15,22H,13H2,1-3H3,(H,24,26)/t15-/m0/s1. The Morgan fingerprint density at radius 3 is 2.66 bits per heavy atom. The molecule has 0 aliphatic heterocycles. The number of esters is 1.